The molecule has 0 atom stereocenters. The number of halogens is 1. The van der Waals surface area contributed by atoms with E-state index in [9.17, 15) is 13.2 Å². The molecule has 3 rings (SSSR count). The van der Waals surface area contributed by atoms with E-state index in [4.69, 9.17) is 11.6 Å². The van der Waals surface area contributed by atoms with Crippen molar-refractivity contribution in [2.45, 2.75) is 30.7 Å². The Bertz CT molecular complexity index is 893. The third kappa shape index (κ3) is 3.46. The summed E-state index contributed by atoms with van der Waals surface area (Å²) in [5.41, 5.74) is 1.73. The molecule has 2 aromatic rings. The molecular weight excluding hydrogens is 338 g/mol. The molecule has 8 heteroatoms. The molecule has 23 heavy (non-hydrogen) atoms. The lowest BCUT2D eigenvalue weighted by Gasteiger charge is -2.10. The van der Waals surface area contributed by atoms with Gasteiger partial charge in [-0.2, -0.15) is 5.10 Å². The SMILES string of the molecule is O=c1cc2c(nn1CCNS(=O)(=O)c1ccccc1Cl)CCC2. The zero-order chi connectivity index (χ0) is 16.4. The molecule has 0 saturated carbocycles. The van der Waals surface area contributed by atoms with Crippen molar-refractivity contribution >= 4 is 21.6 Å². The van der Waals surface area contributed by atoms with Crippen molar-refractivity contribution in [2.75, 3.05) is 6.54 Å². The number of fused-ring (bicyclic) bond motifs is 1. The van der Waals surface area contributed by atoms with Gasteiger partial charge in [-0.25, -0.2) is 17.8 Å². The third-order valence-electron chi connectivity index (χ3n) is 3.77. The molecule has 1 aliphatic rings. The highest BCUT2D eigenvalue weighted by Crippen LogP contribution is 2.20. The van der Waals surface area contributed by atoms with Crippen LogP contribution in [0, 0.1) is 0 Å². The maximum atomic E-state index is 12.2. The van der Waals surface area contributed by atoms with Crippen LogP contribution in [0.15, 0.2) is 40.0 Å². The summed E-state index contributed by atoms with van der Waals surface area (Å²) in [6.45, 7) is 0.245. The first kappa shape index (κ1) is 16.2. The van der Waals surface area contributed by atoms with Gasteiger partial charge in [-0.3, -0.25) is 4.79 Å². The zero-order valence-electron chi connectivity index (χ0n) is 12.3. The Balaban J connectivity index is 1.70. The number of hydrogen-bond donors (Lipinski definition) is 1. The summed E-state index contributed by atoms with van der Waals surface area (Å²) in [4.78, 5) is 12.0. The van der Waals surface area contributed by atoms with E-state index in [0.29, 0.717) is 0 Å². The van der Waals surface area contributed by atoms with E-state index in [1.807, 2.05) is 0 Å². The van der Waals surface area contributed by atoms with E-state index < -0.39 is 10.0 Å². The van der Waals surface area contributed by atoms with Crippen LogP contribution in [0.3, 0.4) is 0 Å². The number of aryl methyl sites for hydroxylation is 2. The minimum Gasteiger partial charge on any atom is -0.268 e. The molecule has 0 amide bonds. The first-order valence-corrected chi connectivity index (χ1v) is 9.17. The highest BCUT2D eigenvalue weighted by Gasteiger charge is 2.18. The predicted octanol–water partition coefficient (Wildman–Crippen LogP) is 1.36. The van der Waals surface area contributed by atoms with Crippen LogP contribution in [0.25, 0.3) is 0 Å². The van der Waals surface area contributed by atoms with E-state index in [1.54, 1.807) is 18.2 Å². The number of rotatable bonds is 5. The highest BCUT2D eigenvalue weighted by molar-refractivity contribution is 7.89. The van der Waals surface area contributed by atoms with E-state index in [2.05, 4.69) is 9.82 Å². The van der Waals surface area contributed by atoms with Crippen molar-refractivity contribution in [1.29, 1.82) is 0 Å². The number of sulfonamides is 1. The van der Waals surface area contributed by atoms with Crippen LogP contribution in [0.1, 0.15) is 17.7 Å². The van der Waals surface area contributed by atoms with Crippen molar-refractivity contribution in [3.8, 4) is 0 Å². The van der Waals surface area contributed by atoms with Crippen LogP contribution >= 0.6 is 11.6 Å². The minimum atomic E-state index is -3.71. The Morgan fingerprint density at radius 1 is 1.26 bits per heavy atom. The summed E-state index contributed by atoms with van der Waals surface area (Å²) in [5, 5.41) is 4.47. The van der Waals surface area contributed by atoms with Gasteiger partial charge in [0.05, 0.1) is 17.3 Å². The standard InChI is InChI=1S/C15H16ClN3O3S/c16-12-5-1-2-7-14(12)23(21,22)17-8-9-19-15(20)10-11-4-3-6-13(11)18-19/h1-2,5,7,10,17H,3-4,6,8-9H2. The van der Waals surface area contributed by atoms with Crippen molar-refractivity contribution in [1.82, 2.24) is 14.5 Å². The topological polar surface area (TPSA) is 81.1 Å². The van der Waals surface area contributed by atoms with Crippen LogP contribution in [0.4, 0.5) is 0 Å². The van der Waals surface area contributed by atoms with E-state index in [-0.39, 0.29) is 28.6 Å². The predicted molar refractivity (Wildman–Crippen MR) is 87.2 cm³/mol. The molecule has 122 valence electrons. The lowest BCUT2D eigenvalue weighted by molar-refractivity contribution is 0.542. The second-order valence-electron chi connectivity index (χ2n) is 5.36. The van der Waals surface area contributed by atoms with Gasteiger partial charge in [0.1, 0.15) is 4.90 Å². The van der Waals surface area contributed by atoms with Crippen LogP contribution in [-0.2, 0) is 29.4 Å². The second kappa shape index (κ2) is 6.43. The van der Waals surface area contributed by atoms with Gasteiger partial charge in [0, 0.05) is 12.6 Å². The van der Waals surface area contributed by atoms with Crippen LogP contribution in [0.5, 0.6) is 0 Å². The van der Waals surface area contributed by atoms with Gasteiger partial charge >= 0.3 is 0 Å². The van der Waals surface area contributed by atoms with Crippen molar-refractivity contribution in [3.63, 3.8) is 0 Å². The molecule has 1 aliphatic carbocycles. The van der Waals surface area contributed by atoms with Crippen LogP contribution < -0.4 is 10.3 Å². The van der Waals surface area contributed by atoms with Crippen LogP contribution in [0.2, 0.25) is 5.02 Å². The van der Waals surface area contributed by atoms with Gasteiger partial charge in [-0.1, -0.05) is 23.7 Å². The fourth-order valence-electron chi connectivity index (χ4n) is 2.63. The molecule has 1 heterocycles. The number of benzene rings is 1. The van der Waals surface area contributed by atoms with E-state index in [1.165, 1.54) is 16.8 Å². The van der Waals surface area contributed by atoms with Crippen molar-refractivity contribution in [3.05, 3.63) is 57.0 Å². The Morgan fingerprint density at radius 3 is 2.83 bits per heavy atom. The number of nitrogens with zero attached hydrogens (tertiary/aromatic N) is 2. The molecule has 1 N–H and O–H groups in total. The lowest BCUT2D eigenvalue weighted by Crippen LogP contribution is -2.32. The van der Waals surface area contributed by atoms with Gasteiger partial charge in [0.15, 0.2) is 0 Å². The summed E-state index contributed by atoms with van der Waals surface area (Å²) in [7, 11) is -3.71. The van der Waals surface area contributed by atoms with Gasteiger partial charge in [-0.15, -0.1) is 0 Å². The largest absolute Gasteiger partial charge is 0.268 e. The molecule has 1 aromatic carbocycles. The molecule has 0 fully saturated rings. The maximum absolute atomic E-state index is 12.2. The molecular formula is C15H16ClN3O3S. The molecule has 0 spiro atoms. The molecule has 0 radical (unpaired) electrons. The Kier molecular flexibility index (Phi) is 4.52. The Hall–Kier alpha value is -1.70. The van der Waals surface area contributed by atoms with Gasteiger partial charge in [0.2, 0.25) is 10.0 Å². The average Bonchev–Trinajstić information content (AvgIpc) is 2.94. The molecule has 1 aromatic heterocycles. The number of hydrogen-bond acceptors (Lipinski definition) is 4. The quantitative estimate of drug-likeness (QED) is 0.880. The van der Waals surface area contributed by atoms with Gasteiger partial charge in [-0.05, 0) is 37.0 Å². The van der Waals surface area contributed by atoms with Crippen LogP contribution in [-0.4, -0.2) is 24.7 Å². The van der Waals surface area contributed by atoms with E-state index >= 15 is 0 Å². The highest BCUT2D eigenvalue weighted by atomic mass is 35.5. The zero-order valence-corrected chi connectivity index (χ0v) is 13.9. The molecule has 6 nitrogen and oxygen atoms in total. The molecule has 0 bridgehead atoms. The molecule has 0 saturated heterocycles. The van der Waals surface area contributed by atoms with Crippen molar-refractivity contribution in [2.24, 2.45) is 0 Å². The van der Waals surface area contributed by atoms with Crippen molar-refractivity contribution < 1.29 is 8.42 Å². The lowest BCUT2D eigenvalue weighted by atomic mass is 10.2. The summed E-state index contributed by atoms with van der Waals surface area (Å²) in [6.07, 6.45) is 2.75. The van der Waals surface area contributed by atoms with E-state index in [0.717, 1.165) is 30.5 Å². The minimum absolute atomic E-state index is 0.0240. The second-order valence-corrected chi connectivity index (χ2v) is 7.50. The third-order valence-corrected chi connectivity index (χ3v) is 5.73. The summed E-state index contributed by atoms with van der Waals surface area (Å²) in [5.74, 6) is 0. The first-order chi connectivity index (χ1) is 11.0. The summed E-state index contributed by atoms with van der Waals surface area (Å²) < 4.78 is 28.2. The van der Waals surface area contributed by atoms with Gasteiger partial charge in [0.25, 0.3) is 5.56 Å². The normalized spacial score (nSPS) is 14.0. The first-order valence-electron chi connectivity index (χ1n) is 7.31. The fourth-order valence-corrected chi connectivity index (χ4v) is 4.16. The smallest absolute Gasteiger partial charge is 0.267 e. The van der Waals surface area contributed by atoms with Gasteiger partial charge < -0.3 is 0 Å². The molecule has 0 aliphatic heterocycles. The monoisotopic (exact) mass is 353 g/mol. The fraction of sp³-hybridized carbons (Fsp3) is 0.333. The maximum Gasteiger partial charge on any atom is 0.267 e. The Morgan fingerprint density at radius 2 is 2.04 bits per heavy atom. The number of nitrogens with one attached hydrogen (secondary N) is 1. The average molecular weight is 354 g/mol. The molecule has 0 unspecified atom stereocenters. The Labute approximate surface area is 139 Å². The summed E-state index contributed by atoms with van der Waals surface area (Å²) >= 11 is 5.91. The summed E-state index contributed by atoms with van der Waals surface area (Å²) in [6, 6.07) is 7.81. The number of aromatic nitrogens is 2.